The van der Waals surface area contributed by atoms with E-state index in [1.807, 2.05) is 0 Å². The van der Waals surface area contributed by atoms with Crippen LogP contribution in [0.5, 0.6) is 0 Å². The number of amides is 2. The molecular weight excluding hydrogens is 216 g/mol. The molecule has 2 heterocycles. The molecule has 0 spiro atoms. The molecule has 0 aromatic heterocycles. The van der Waals surface area contributed by atoms with Crippen LogP contribution in [0.15, 0.2) is 20.5 Å². The summed E-state index contributed by atoms with van der Waals surface area (Å²) in [5, 5.41) is 13.7. The fraction of sp³-hybridized carbons (Fsp3) is 0.750. The molecular formula is C8H10N4O4. The summed E-state index contributed by atoms with van der Waals surface area (Å²) in [6, 6.07) is 0. The predicted octanol–water partition coefficient (Wildman–Crippen LogP) is 2.40. The summed E-state index contributed by atoms with van der Waals surface area (Å²) in [6.07, 6.45) is 0.633. The first-order chi connectivity index (χ1) is 7.74. The van der Waals surface area contributed by atoms with Gasteiger partial charge in [-0.1, -0.05) is 10.2 Å². The van der Waals surface area contributed by atoms with Crippen molar-refractivity contribution in [3.63, 3.8) is 0 Å². The van der Waals surface area contributed by atoms with Gasteiger partial charge in [-0.15, -0.1) is 10.2 Å². The zero-order valence-corrected chi connectivity index (χ0v) is 8.40. The lowest BCUT2D eigenvalue weighted by atomic mass is 10.1. The van der Waals surface area contributed by atoms with E-state index in [0.717, 1.165) is 12.8 Å². The lowest BCUT2D eigenvalue weighted by Gasteiger charge is -2.06. The molecule has 0 N–H and O–H groups in total. The smallest absolute Gasteiger partial charge is 0.419 e. The van der Waals surface area contributed by atoms with Crippen molar-refractivity contribution in [2.45, 2.75) is 38.1 Å². The number of hydrogen-bond acceptors (Lipinski definition) is 6. The fourth-order valence-corrected chi connectivity index (χ4v) is 1.42. The van der Waals surface area contributed by atoms with Gasteiger partial charge in [0.15, 0.2) is 0 Å². The summed E-state index contributed by atoms with van der Waals surface area (Å²) in [7, 11) is 0. The van der Waals surface area contributed by atoms with Crippen LogP contribution in [0, 0.1) is 0 Å². The molecule has 2 rings (SSSR count). The van der Waals surface area contributed by atoms with Crippen LogP contribution in [0.3, 0.4) is 0 Å². The Bertz CT molecular complexity index is 320. The van der Waals surface area contributed by atoms with Gasteiger partial charge in [-0.05, 0) is 12.8 Å². The number of cyclic esters (lactones) is 2. The lowest BCUT2D eigenvalue weighted by molar-refractivity contribution is 0.116. The second kappa shape index (κ2) is 4.77. The van der Waals surface area contributed by atoms with E-state index in [0.29, 0.717) is 12.8 Å². The lowest BCUT2D eigenvalue weighted by Crippen LogP contribution is -2.08. The summed E-state index contributed by atoms with van der Waals surface area (Å²) in [6.45, 7) is 0. The number of hydrogen-bond donors (Lipinski definition) is 0. The van der Waals surface area contributed by atoms with Crippen molar-refractivity contribution in [2.75, 3.05) is 0 Å². The monoisotopic (exact) mass is 226 g/mol. The Labute approximate surface area is 90.7 Å². The van der Waals surface area contributed by atoms with Gasteiger partial charge in [-0.25, -0.2) is 9.59 Å². The number of ether oxygens (including phenoxy) is 2. The Morgan fingerprint density at radius 1 is 0.875 bits per heavy atom. The van der Waals surface area contributed by atoms with Crippen LogP contribution in [0.25, 0.3) is 0 Å². The van der Waals surface area contributed by atoms with E-state index in [2.05, 4.69) is 20.5 Å². The molecule has 0 saturated carbocycles. The molecule has 0 radical (unpaired) electrons. The Morgan fingerprint density at radius 2 is 1.31 bits per heavy atom. The minimum absolute atomic E-state index is 0.458. The van der Waals surface area contributed by atoms with Crippen LogP contribution >= 0.6 is 0 Å². The van der Waals surface area contributed by atoms with Crippen molar-refractivity contribution in [2.24, 2.45) is 20.5 Å². The largest absolute Gasteiger partial charge is 0.454 e. The normalized spacial score (nSPS) is 27.2. The molecule has 2 aliphatic rings. The predicted molar refractivity (Wildman–Crippen MR) is 48.7 cm³/mol. The van der Waals surface area contributed by atoms with Crippen LogP contribution < -0.4 is 0 Å². The molecule has 0 bridgehead atoms. The van der Waals surface area contributed by atoms with E-state index in [9.17, 15) is 9.59 Å². The Hall–Kier alpha value is -1.86. The zero-order valence-electron chi connectivity index (χ0n) is 8.40. The second-order valence-electron chi connectivity index (χ2n) is 3.39. The zero-order chi connectivity index (χ0) is 11.4. The van der Waals surface area contributed by atoms with Gasteiger partial charge in [0.1, 0.15) is 0 Å². The summed E-state index contributed by atoms with van der Waals surface area (Å²) < 4.78 is 9.50. The van der Waals surface area contributed by atoms with Crippen LogP contribution in [0.4, 0.5) is 9.59 Å². The molecule has 2 unspecified atom stereocenters. The SMILES string of the molecule is O=C1N=NC(CCCCC2N=NC(=O)O2)O1. The molecule has 0 aromatic carbocycles. The standard InChI is InChI=1S/C8H10N4O4/c13-7-11-9-5(15-7)3-1-2-4-6-10-12-8(14)16-6/h5-6H,1-4H2. The molecule has 2 amide bonds. The third kappa shape index (κ3) is 2.81. The molecule has 0 aliphatic carbocycles. The summed E-state index contributed by atoms with van der Waals surface area (Å²) >= 11 is 0. The maximum absolute atomic E-state index is 10.6. The second-order valence-corrected chi connectivity index (χ2v) is 3.39. The quantitative estimate of drug-likeness (QED) is 0.671. The summed E-state index contributed by atoms with van der Waals surface area (Å²) in [5.74, 6) is 0. The Morgan fingerprint density at radius 3 is 1.62 bits per heavy atom. The molecule has 2 atom stereocenters. The average Bonchev–Trinajstić information content (AvgIpc) is 2.83. The first kappa shape index (κ1) is 10.7. The van der Waals surface area contributed by atoms with Crippen molar-refractivity contribution in [1.82, 2.24) is 0 Å². The maximum atomic E-state index is 10.6. The highest BCUT2D eigenvalue weighted by atomic mass is 16.6. The van der Waals surface area contributed by atoms with Crippen molar-refractivity contribution in [3.8, 4) is 0 Å². The van der Waals surface area contributed by atoms with E-state index in [1.54, 1.807) is 0 Å². The van der Waals surface area contributed by atoms with Gasteiger partial charge >= 0.3 is 12.2 Å². The van der Waals surface area contributed by atoms with Crippen molar-refractivity contribution >= 4 is 12.2 Å². The van der Waals surface area contributed by atoms with E-state index < -0.39 is 24.6 Å². The van der Waals surface area contributed by atoms with Gasteiger partial charge in [0, 0.05) is 12.8 Å². The van der Waals surface area contributed by atoms with Gasteiger partial charge in [0.25, 0.3) is 0 Å². The van der Waals surface area contributed by atoms with E-state index in [-0.39, 0.29) is 0 Å². The average molecular weight is 226 g/mol. The van der Waals surface area contributed by atoms with Crippen LogP contribution in [-0.4, -0.2) is 24.6 Å². The Kier molecular flexibility index (Phi) is 3.18. The van der Waals surface area contributed by atoms with E-state index in [4.69, 9.17) is 9.47 Å². The van der Waals surface area contributed by atoms with E-state index >= 15 is 0 Å². The van der Waals surface area contributed by atoms with Gasteiger partial charge < -0.3 is 9.47 Å². The highest BCUT2D eigenvalue weighted by Gasteiger charge is 2.21. The van der Waals surface area contributed by atoms with Crippen LogP contribution in [-0.2, 0) is 9.47 Å². The molecule has 2 aliphatic heterocycles. The topological polar surface area (TPSA) is 102 Å². The first-order valence-electron chi connectivity index (χ1n) is 4.97. The molecule has 16 heavy (non-hydrogen) atoms. The van der Waals surface area contributed by atoms with Gasteiger partial charge in [0.2, 0.25) is 12.5 Å². The van der Waals surface area contributed by atoms with E-state index in [1.165, 1.54) is 0 Å². The molecule has 0 aromatic rings. The number of rotatable bonds is 5. The molecule has 86 valence electrons. The number of nitrogens with zero attached hydrogens (tertiary/aromatic N) is 4. The number of carbonyl (C=O) groups excluding carboxylic acids is 2. The summed E-state index contributed by atoms with van der Waals surface area (Å²) in [5.41, 5.74) is 0. The minimum Gasteiger partial charge on any atom is -0.419 e. The molecule has 8 nitrogen and oxygen atoms in total. The van der Waals surface area contributed by atoms with Crippen molar-refractivity contribution < 1.29 is 19.1 Å². The Balaban J connectivity index is 1.56. The van der Waals surface area contributed by atoms with Crippen molar-refractivity contribution in [3.05, 3.63) is 0 Å². The van der Waals surface area contributed by atoms with Crippen LogP contribution in [0.1, 0.15) is 25.7 Å². The number of azo groups is 2. The molecule has 8 heteroatoms. The highest BCUT2D eigenvalue weighted by Crippen LogP contribution is 2.18. The number of unbranched alkanes of at least 4 members (excludes halogenated alkanes) is 1. The van der Waals surface area contributed by atoms with Gasteiger partial charge in [-0.3, -0.25) is 0 Å². The summed E-state index contributed by atoms with van der Waals surface area (Å²) in [4.78, 5) is 21.1. The van der Waals surface area contributed by atoms with Crippen LogP contribution in [0.2, 0.25) is 0 Å². The number of carbonyl (C=O) groups is 2. The third-order valence-electron chi connectivity index (χ3n) is 2.16. The fourth-order valence-electron chi connectivity index (χ4n) is 1.42. The van der Waals surface area contributed by atoms with Gasteiger partial charge in [0.05, 0.1) is 0 Å². The highest BCUT2D eigenvalue weighted by molar-refractivity contribution is 5.69. The molecule has 0 saturated heterocycles. The molecule has 0 fully saturated rings. The maximum Gasteiger partial charge on any atom is 0.454 e. The van der Waals surface area contributed by atoms with Crippen molar-refractivity contribution in [1.29, 1.82) is 0 Å². The minimum atomic E-state index is -0.636. The first-order valence-corrected chi connectivity index (χ1v) is 4.97. The third-order valence-corrected chi connectivity index (χ3v) is 2.16. The van der Waals surface area contributed by atoms with Gasteiger partial charge in [-0.2, -0.15) is 0 Å².